The fourth-order valence-corrected chi connectivity index (χ4v) is 2.72. The van der Waals surface area contributed by atoms with Crippen molar-refractivity contribution in [2.45, 2.75) is 38.1 Å². The summed E-state index contributed by atoms with van der Waals surface area (Å²) in [4.78, 5) is 16.3. The summed E-state index contributed by atoms with van der Waals surface area (Å²) in [7, 11) is 0. The van der Waals surface area contributed by atoms with Gasteiger partial charge in [-0.25, -0.2) is 4.99 Å². The molecule has 1 fully saturated rings. The van der Waals surface area contributed by atoms with Crippen molar-refractivity contribution in [2.24, 2.45) is 10.9 Å². The van der Waals surface area contributed by atoms with E-state index in [2.05, 4.69) is 4.99 Å². The van der Waals surface area contributed by atoms with Crippen LogP contribution in [0.15, 0.2) is 27.8 Å². The van der Waals surface area contributed by atoms with Crippen molar-refractivity contribution >= 4 is 11.7 Å². The molecule has 2 heterocycles. The molecule has 4 heteroatoms. The Balaban J connectivity index is 1.89. The highest BCUT2D eigenvalue weighted by molar-refractivity contribution is 5.92. The van der Waals surface area contributed by atoms with E-state index in [1.54, 1.807) is 6.26 Å². The Morgan fingerprint density at radius 2 is 2.11 bits per heavy atom. The molecule has 0 unspecified atom stereocenters. The quantitative estimate of drug-likeness (QED) is 0.807. The van der Waals surface area contributed by atoms with Crippen LogP contribution in [0.4, 0.5) is 0 Å². The Morgan fingerprint density at radius 3 is 2.72 bits per heavy atom. The molecule has 18 heavy (non-hydrogen) atoms. The van der Waals surface area contributed by atoms with E-state index >= 15 is 0 Å². The molecule has 1 saturated carbocycles. The minimum absolute atomic E-state index is 0.0467. The second-order valence-corrected chi connectivity index (χ2v) is 5.73. The highest BCUT2D eigenvalue weighted by Gasteiger charge is 2.42. The molecule has 0 N–H and O–H groups in total. The van der Waals surface area contributed by atoms with Crippen molar-refractivity contribution in [3.8, 4) is 0 Å². The van der Waals surface area contributed by atoms with Gasteiger partial charge in [0.15, 0.2) is 5.90 Å². The van der Waals surface area contributed by atoms with Gasteiger partial charge in [0.25, 0.3) is 0 Å². The lowest BCUT2D eigenvalue weighted by Crippen LogP contribution is -2.18. The molecule has 0 saturated heterocycles. The maximum atomic E-state index is 11.7. The molecule has 0 radical (unpaired) electrons. The molecular weight excluding hydrogens is 230 g/mol. The van der Waals surface area contributed by atoms with Gasteiger partial charge in [-0.3, -0.25) is 4.79 Å². The zero-order valence-electron chi connectivity index (χ0n) is 10.7. The van der Waals surface area contributed by atoms with Crippen LogP contribution < -0.4 is 0 Å². The van der Waals surface area contributed by atoms with E-state index in [1.807, 2.05) is 26.0 Å². The number of Topliss-reactive ketones (excluding diaryl/α,β-unsaturated/α-hetero) is 1. The molecule has 3 rings (SSSR count). The highest BCUT2D eigenvalue weighted by atomic mass is 16.5. The van der Waals surface area contributed by atoms with Crippen LogP contribution in [0, 0.1) is 5.92 Å². The molecule has 2 atom stereocenters. The minimum Gasteiger partial charge on any atom is -0.478 e. The maximum absolute atomic E-state index is 11.7. The fraction of sp³-hybridized carbons (Fsp3) is 0.571. The molecule has 1 aliphatic carbocycles. The maximum Gasteiger partial charge on any atom is 0.188 e. The lowest BCUT2D eigenvalue weighted by molar-refractivity contribution is -0.117. The third-order valence-electron chi connectivity index (χ3n) is 3.59. The number of ketones is 1. The van der Waals surface area contributed by atoms with Crippen LogP contribution in [0.25, 0.3) is 0 Å². The first kappa shape index (κ1) is 11.5. The van der Waals surface area contributed by atoms with Gasteiger partial charge in [0.1, 0.15) is 18.2 Å². The first-order valence-corrected chi connectivity index (χ1v) is 6.33. The van der Waals surface area contributed by atoms with Crippen LogP contribution in [0.3, 0.4) is 0 Å². The van der Waals surface area contributed by atoms with Gasteiger partial charge < -0.3 is 9.15 Å². The molecule has 2 aliphatic rings. The summed E-state index contributed by atoms with van der Waals surface area (Å²) >= 11 is 0. The summed E-state index contributed by atoms with van der Waals surface area (Å²) in [6.45, 7) is 4.68. The van der Waals surface area contributed by atoms with Gasteiger partial charge in [0.05, 0.1) is 17.7 Å². The molecule has 96 valence electrons. The van der Waals surface area contributed by atoms with Crippen molar-refractivity contribution < 1.29 is 13.9 Å². The van der Waals surface area contributed by atoms with Crippen molar-refractivity contribution in [1.82, 2.24) is 0 Å². The number of hydrogen-bond acceptors (Lipinski definition) is 4. The second-order valence-electron chi connectivity index (χ2n) is 5.73. The molecular formula is C14H17NO3. The van der Waals surface area contributed by atoms with E-state index < -0.39 is 0 Å². The van der Waals surface area contributed by atoms with Gasteiger partial charge >= 0.3 is 0 Å². The summed E-state index contributed by atoms with van der Waals surface area (Å²) in [5, 5.41) is 0. The molecule has 4 nitrogen and oxygen atoms in total. The number of carbonyl (C=O) groups is 1. The predicted molar refractivity (Wildman–Crippen MR) is 66.6 cm³/mol. The Bertz CT molecular complexity index is 487. The number of hydrogen-bond donors (Lipinski definition) is 0. The number of carbonyl (C=O) groups excluding carboxylic acids is 1. The standard InChI is InChI=1S/C14H17NO3/c1-14(2)8-18-13(15-14)11-7-9(16)6-10(11)12-4-3-5-17-12/h3-5,10-11H,6-8H2,1-2H3/t10-,11-/m1/s1. The van der Waals surface area contributed by atoms with Gasteiger partial charge in [-0.05, 0) is 26.0 Å². The molecule has 0 aromatic carbocycles. The van der Waals surface area contributed by atoms with Crippen molar-refractivity contribution in [1.29, 1.82) is 0 Å². The Morgan fingerprint density at radius 1 is 1.33 bits per heavy atom. The molecule has 1 aliphatic heterocycles. The van der Waals surface area contributed by atoms with Gasteiger partial charge in [-0.2, -0.15) is 0 Å². The summed E-state index contributed by atoms with van der Waals surface area (Å²) in [5.74, 6) is 1.98. The van der Waals surface area contributed by atoms with E-state index in [4.69, 9.17) is 9.15 Å². The van der Waals surface area contributed by atoms with E-state index in [0.29, 0.717) is 19.4 Å². The van der Waals surface area contributed by atoms with Crippen LogP contribution in [0.2, 0.25) is 0 Å². The van der Waals surface area contributed by atoms with E-state index in [1.165, 1.54) is 0 Å². The number of ether oxygens (including phenoxy) is 1. The Kier molecular flexibility index (Phi) is 2.54. The third kappa shape index (κ3) is 1.96. The van der Waals surface area contributed by atoms with Crippen LogP contribution >= 0.6 is 0 Å². The minimum atomic E-state index is -0.172. The molecule has 1 aromatic rings. The van der Waals surface area contributed by atoms with Gasteiger partial charge in [0, 0.05) is 18.8 Å². The van der Waals surface area contributed by atoms with Crippen LogP contribution in [-0.2, 0) is 9.53 Å². The Labute approximate surface area is 106 Å². The smallest absolute Gasteiger partial charge is 0.188 e. The SMILES string of the molecule is CC1(C)COC([C@@H]2CC(=O)C[C@H]2c2ccco2)=N1. The topological polar surface area (TPSA) is 51.8 Å². The molecule has 0 bridgehead atoms. The summed E-state index contributed by atoms with van der Waals surface area (Å²) in [6.07, 6.45) is 2.69. The zero-order chi connectivity index (χ0) is 12.8. The third-order valence-corrected chi connectivity index (χ3v) is 3.59. The molecule has 0 spiro atoms. The fourth-order valence-electron chi connectivity index (χ4n) is 2.72. The predicted octanol–water partition coefficient (Wildman–Crippen LogP) is 2.55. The summed E-state index contributed by atoms with van der Waals surface area (Å²) in [5.41, 5.74) is -0.172. The van der Waals surface area contributed by atoms with E-state index in [0.717, 1.165) is 11.7 Å². The number of rotatable bonds is 2. The van der Waals surface area contributed by atoms with Crippen LogP contribution in [0.1, 0.15) is 38.4 Å². The normalized spacial score (nSPS) is 30.3. The lowest BCUT2D eigenvalue weighted by Gasteiger charge is -2.15. The summed E-state index contributed by atoms with van der Waals surface area (Å²) < 4.78 is 11.1. The van der Waals surface area contributed by atoms with Crippen LogP contribution in [0.5, 0.6) is 0 Å². The lowest BCUT2D eigenvalue weighted by atomic mass is 9.93. The first-order chi connectivity index (χ1) is 8.55. The molecule has 1 aromatic heterocycles. The number of aliphatic imine (C=N–C) groups is 1. The second kappa shape index (κ2) is 3.97. The average Bonchev–Trinajstić information content (AvgIpc) is 2.96. The van der Waals surface area contributed by atoms with Gasteiger partial charge in [-0.1, -0.05) is 0 Å². The zero-order valence-corrected chi connectivity index (χ0v) is 10.7. The van der Waals surface area contributed by atoms with E-state index in [-0.39, 0.29) is 23.2 Å². The van der Waals surface area contributed by atoms with Gasteiger partial charge in [0.2, 0.25) is 0 Å². The van der Waals surface area contributed by atoms with Crippen molar-refractivity contribution in [2.75, 3.05) is 6.61 Å². The average molecular weight is 247 g/mol. The monoisotopic (exact) mass is 247 g/mol. The molecule has 0 amide bonds. The number of furan rings is 1. The highest BCUT2D eigenvalue weighted by Crippen LogP contribution is 2.40. The van der Waals surface area contributed by atoms with E-state index in [9.17, 15) is 4.79 Å². The number of nitrogens with zero attached hydrogens (tertiary/aromatic N) is 1. The largest absolute Gasteiger partial charge is 0.478 e. The van der Waals surface area contributed by atoms with Crippen LogP contribution in [-0.4, -0.2) is 23.8 Å². The van der Waals surface area contributed by atoms with Crippen molar-refractivity contribution in [3.63, 3.8) is 0 Å². The first-order valence-electron chi connectivity index (χ1n) is 6.33. The van der Waals surface area contributed by atoms with Crippen molar-refractivity contribution in [3.05, 3.63) is 24.2 Å². The summed E-state index contributed by atoms with van der Waals surface area (Å²) in [6, 6.07) is 3.79. The van der Waals surface area contributed by atoms with Gasteiger partial charge in [-0.15, -0.1) is 0 Å². The Hall–Kier alpha value is -1.58.